The molecule has 0 bridgehead atoms. The first-order chi connectivity index (χ1) is 8.56. The van der Waals surface area contributed by atoms with Gasteiger partial charge in [0, 0.05) is 6.54 Å². The van der Waals surface area contributed by atoms with E-state index in [2.05, 4.69) is 26.1 Å². The van der Waals surface area contributed by atoms with E-state index < -0.39 is 5.82 Å². The Bertz CT molecular complexity index is 441. The number of unbranched alkanes of at least 4 members (excludes halogenated alkanes) is 1. The van der Waals surface area contributed by atoms with Crippen LogP contribution in [0.1, 0.15) is 18.4 Å². The lowest BCUT2D eigenvalue weighted by molar-refractivity contribution is 0.396. The molecule has 0 fully saturated rings. The first-order valence-corrected chi connectivity index (χ1v) is 6.62. The van der Waals surface area contributed by atoms with Gasteiger partial charge in [-0.25, -0.2) is 4.39 Å². The van der Waals surface area contributed by atoms with Gasteiger partial charge in [0.2, 0.25) is 0 Å². The van der Waals surface area contributed by atoms with Crippen LogP contribution < -0.4 is 5.32 Å². The van der Waals surface area contributed by atoms with Crippen LogP contribution in [0.4, 0.5) is 10.1 Å². The predicted octanol–water partition coefficient (Wildman–Crippen LogP) is 3.21. The lowest BCUT2D eigenvalue weighted by atomic mass is 10.2. The Kier molecular flexibility index (Phi) is 6.10. The number of hydrogen-bond donors (Lipinski definition) is 1. The molecule has 0 heterocycles. The third-order valence-corrected chi connectivity index (χ3v) is 3.33. The predicted molar refractivity (Wildman–Crippen MR) is 75.1 cm³/mol. The molecule has 0 amide bonds. The van der Waals surface area contributed by atoms with Crippen LogP contribution in [0.2, 0.25) is 0 Å². The van der Waals surface area contributed by atoms with Gasteiger partial charge < -0.3 is 10.2 Å². The molecule has 18 heavy (non-hydrogen) atoms. The standard InChI is InChI=1S/C13H17BrFN3/c1-18(2)8-4-3-7-17-11-6-5-10(9-16)12(14)13(11)15/h5-6,17H,3-4,7-8H2,1-2H3. The molecular formula is C13H17BrFN3. The Balaban J connectivity index is 2.49. The number of rotatable bonds is 6. The van der Waals surface area contributed by atoms with Gasteiger partial charge in [-0.15, -0.1) is 0 Å². The molecule has 1 aromatic carbocycles. The van der Waals surface area contributed by atoms with Gasteiger partial charge in [-0.05, 0) is 61.5 Å². The Morgan fingerprint density at radius 1 is 1.39 bits per heavy atom. The smallest absolute Gasteiger partial charge is 0.161 e. The molecule has 0 spiro atoms. The quantitative estimate of drug-likeness (QED) is 0.820. The van der Waals surface area contributed by atoms with Gasteiger partial charge in [-0.3, -0.25) is 0 Å². The summed E-state index contributed by atoms with van der Waals surface area (Å²) in [4.78, 5) is 2.12. The zero-order valence-corrected chi connectivity index (χ0v) is 12.2. The number of hydrogen-bond acceptors (Lipinski definition) is 3. The maximum absolute atomic E-state index is 13.8. The van der Waals surface area contributed by atoms with Crippen molar-refractivity contribution in [2.45, 2.75) is 12.8 Å². The van der Waals surface area contributed by atoms with Gasteiger partial charge in [0.05, 0.1) is 15.7 Å². The van der Waals surface area contributed by atoms with Gasteiger partial charge in [0.1, 0.15) is 6.07 Å². The van der Waals surface area contributed by atoms with E-state index in [1.54, 1.807) is 12.1 Å². The van der Waals surface area contributed by atoms with Crippen LogP contribution in [0.25, 0.3) is 0 Å². The number of nitrogens with zero attached hydrogens (tertiary/aromatic N) is 2. The highest BCUT2D eigenvalue weighted by atomic mass is 79.9. The summed E-state index contributed by atoms with van der Waals surface area (Å²) >= 11 is 3.09. The van der Waals surface area contributed by atoms with Crippen molar-refractivity contribution in [2.24, 2.45) is 0 Å². The highest BCUT2D eigenvalue weighted by Crippen LogP contribution is 2.26. The fraction of sp³-hybridized carbons (Fsp3) is 0.462. The molecular weight excluding hydrogens is 297 g/mol. The van der Waals surface area contributed by atoms with E-state index in [-0.39, 0.29) is 4.47 Å². The minimum atomic E-state index is -0.401. The molecule has 0 atom stereocenters. The summed E-state index contributed by atoms with van der Waals surface area (Å²) in [7, 11) is 4.07. The lowest BCUT2D eigenvalue weighted by Crippen LogP contribution is -2.14. The van der Waals surface area contributed by atoms with Crippen molar-refractivity contribution in [1.29, 1.82) is 5.26 Å². The molecule has 0 saturated heterocycles. The molecule has 98 valence electrons. The van der Waals surface area contributed by atoms with Crippen LogP contribution in [0, 0.1) is 17.1 Å². The zero-order valence-electron chi connectivity index (χ0n) is 10.6. The Morgan fingerprint density at radius 3 is 2.72 bits per heavy atom. The number of nitriles is 1. The Morgan fingerprint density at radius 2 is 2.11 bits per heavy atom. The molecule has 3 nitrogen and oxygen atoms in total. The molecule has 0 aliphatic heterocycles. The molecule has 0 aliphatic rings. The summed E-state index contributed by atoms with van der Waals surface area (Å²) in [5.74, 6) is -0.401. The second-order valence-electron chi connectivity index (χ2n) is 4.34. The maximum Gasteiger partial charge on any atom is 0.161 e. The van der Waals surface area contributed by atoms with Crippen molar-refractivity contribution in [3.05, 3.63) is 28.0 Å². The summed E-state index contributed by atoms with van der Waals surface area (Å²) in [6, 6.07) is 5.14. The van der Waals surface area contributed by atoms with Gasteiger partial charge in [0.25, 0.3) is 0 Å². The molecule has 0 aromatic heterocycles. The van der Waals surface area contributed by atoms with Gasteiger partial charge in [0.15, 0.2) is 5.82 Å². The van der Waals surface area contributed by atoms with Crippen LogP contribution in [0.15, 0.2) is 16.6 Å². The van der Waals surface area contributed by atoms with Crippen molar-refractivity contribution in [3.8, 4) is 6.07 Å². The molecule has 5 heteroatoms. The number of benzene rings is 1. The average Bonchev–Trinajstić information content (AvgIpc) is 2.33. The van der Waals surface area contributed by atoms with E-state index in [0.717, 1.165) is 25.9 Å². The van der Waals surface area contributed by atoms with Gasteiger partial charge in [-0.2, -0.15) is 5.26 Å². The lowest BCUT2D eigenvalue weighted by Gasteiger charge is -2.11. The van der Waals surface area contributed by atoms with Crippen LogP contribution in [0.5, 0.6) is 0 Å². The second kappa shape index (κ2) is 7.34. The maximum atomic E-state index is 13.8. The summed E-state index contributed by atoms with van der Waals surface area (Å²) in [5.41, 5.74) is 0.747. The first-order valence-electron chi connectivity index (χ1n) is 5.83. The largest absolute Gasteiger partial charge is 0.383 e. The van der Waals surface area contributed by atoms with E-state index in [1.807, 2.05) is 20.2 Å². The van der Waals surface area contributed by atoms with Crippen molar-refractivity contribution in [2.75, 3.05) is 32.5 Å². The van der Waals surface area contributed by atoms with Crippen LogP contribution in [-0.4, -0.2) is 32.1 Å². The molecule has 1 rings (SSSR count). The normalized spacial score (nSPS) is 10.4. The van der Waals surface area contributed by atoms with Gasteiger partial charge in [-0.1, -0.05) is 0 Å². The summed E-state index contributed by atoms with van der Waals surface area (Å²) in [6.07, 6.45) is 2.05. The Hall–Kier alpha value is -1.12. The molecule has 0 aliphatic carbocycles. The number of nitrogens with one attached hydrogen (secondary N) is 1. The van der Waals surface area contributed by atoms with E-state index in [1.165, 1.54) is 0 Å². The Labute approximate surface area is 116 Å². The second-order valence-corrected chi connectivity index (χ2v) is 5.13. The SMILES string of the molecule is CN(C)CCCCNc1ccc(C#N)c(Br)c1F. The van der Waals surface area contributed by atoms with Crippen molar-refractivity contribution < 1.29 is 4.39 Å². The fourth-order valence-electron chi connectivity index (χ4n) is 1.55. The minimum Gasteiger partial charge on any atom is -0.383 e. The number of anilines is 1. The van der Waals surface area contributed by atoms with E-state index in [0.29, 0.717) is 11.3 Å². The van der Waals surface area contributed by atoms with Crippen molar-refractivity contribution in [1.82, 2.24) is 4.90 Å². The van der Waals surface area contributed by atoms with Crippen LogP contribution >= 0.6 is 15.9 Å². The molecule has 0 unspecified atom stereocenters. The van der Waals surface area contributed by atoms with E-state index >= 15 is 0 Å². The summed E-state index contributed by atoms with van der Waals surface area (Å²) < 4.78 is 14.0. The number of halogens is 2. The van der Waals surface area contributed by atoms with E-state index in [9.17, 15) is 4.39 Å². The van der Waals surface area contributed by atoms with Gasteiger partial charge >= 0.3 is 0 Å². The van der Waals surface area contributed by atoms with Crippen LogP contribution in [0.3, 0.4) is 0 Å². The third kappa shape index (κ3) is 4.28. The topological polar surface area (TPSA) is 39.1 Å². The first kappa shape index (κ1) is 14.9. The molecule has 1 N–H and O–H groups in total. The molecule has 0 saturated carbocycles. The highest BCUT2D eigenvalue weighted by molar-refractivity contribution is 9.10. The summed E-state index contributed by atoms with van der Waals surface area (Å²) in [6.45, 7) is 1.75. The monoisotopic (exact) mass is 313 g/mol. The summed E-state index contributed by atoms with van der Waals surface area (Å²) in [5, 5.41) is 11.8. The van der Waals surface area contributed by atoms with Crippen molar-refractivity contribution >= 4 is 21.6 Å². The highest BCUT2D eigenvalue weighted by Gasteiger charge is 2.10. The van der Waals surface area contributed by atoms with E-state index in [4.69, 9.17) is 5.26 Å². The third-order valence-electron chi connectivity index (χ3n) is 2.55. The van der Waals surface area contributed by atoms with Crippen LogP contribution in [-0.2, 0) is 0 Å². The molecule has 0 radical (unpaired) electrons. The van der Waals surface area contributed by atoms with Crippen molar-refractivity contribution in [3.63, 3.8) is 0 Å². The zero-order chi connectivity index (χ0) is 13.5. The average molecular weight is 314 g/mol. The fourth-order valence-corrected chi connectivity index (χ4v) is 1.98. The molecule has 1 aromatic rings. The minimum absolute atomic E-state index is 0.225.